The minimum absolute atomic E-state index is 0.00746. The molecule has 7 nitrogen and oxygen atoms in total. The molecule has 1 saturated heterocycles. The number of hydrogen-bond donors (Lipinski definition) is 1. The van der Waals surface area contributed by atoms with Crippen molar-refractivity contribution in [3.05, 3.63) is 39.9 Å². The molecule has 1 aromatic carbocycles. The second-order valence-electron chi connectivity index (χ2n) is 4.42. The van der Waals surface area contributed by atoms with E-state index < -0.39 is 4.92 Å². The van der Waals surface area contributed by atoms with E-state index in [-0.39, 0.29) is 24.3 Å². The molecule has 1 unspecified atom stereocenters. The van der Waals surface area contributed by atoms with E-state index in [0.717, 1.165) is 5.56 Å². The second-order valence-corrected chi connectivity index (χ2v) is 4.42. The number of ether oxygens (including phenoxy) is 1. The summed E-state index contributed by atoms with van der Waals surface area (Å²) in [5.74, 6) is 0.00746. The molecular formula is C13H17N3O4. The maximum absolute atomic E-state index is 11.8. The van der Waals surface area contributed by atoms with Gasteiger partial charge in [-0.15, -0.1) is 0 Å². The van der Waals surface area contributed by atoms with Gasteiger partial charge < -0.3 is 9.64 Å². The van der Waals surface area contributed by atoms with E-state index in [0.29, 0.717) is 19.8 Å². The van der Waals surface area contributed by atoms with E-state index in [4.69, 9.17) is 4.74 Å². The number of nitrogens with zero attached hydrogens (tertiary/aromatic N) is 2. The summed E-state index contributed by atoms with van der Waals surface area (Å²) in [6.07, 6.45) is -0.247. The standard InChI is InChI=1S/C13H17N3O4/c1-2-20-8-7-15-12(17)9-14-13(15)10-3-5-11(6-4-10)16(18)19/h3-6,13-14H,2,7-9H2,1H3. The van der Waals surface area contributed by atoms with Gasteiger partial charge in [-0.2, -0.15) is 0 Å². The van der Waals surface area contributed by atoms with Crippen LogP contribution in [0.3, 0.4) is 0 Å². The highest BCUT2D eigenvalue weighted by molar-refractivity contribution is 5.81. The molecule has 0 spiro atoms. The van der Waals surface area contributed by atoms with E-state index in [9.17, 15) is 14.9 Å². The van der Waals surface area contributed by atoms with Gasteiger partial charge in [-0.05, 0) is 24.6 Å². The highest BCUT2D eigenvalue weighted by atomic mass is 16.6. The normalized spacial score (nSPS) is 18.6. The first kappa shape index (κ1) is 14.4. The molecule has 1 amide bonds. The van der Waals surface area contributed by atoms with E-state index >= 15 is 0 Å². The topological polar surface area (TPSA) is 84.7 Å². The van der Waals surface area contributed by atoms with Crippen molar-refractivity contribution in [2.45, 2.75) is 13.1 Å². The Morgan fingerprint density at radius 1 is 1.45 bits per heavy atom. The van der Waals surface area contributed by atoms with Gasteiger partial charge in [-0.3, -0.25) is 20.2 Å². The SMILES string of the molecule is CCOCCN1C(=O)CNC1c1ccc([N+](=O)[O-])cc1. The lowest BCUT2D eigenvalue weighted by Crippen LogP contribution is -2.33. The van der Waals surface area contributed by atoms with Crippen molar-refractivity contribution in [3.8, 4) is 0 Å². The highest BCUT2D eigenvalue weighted by Gasteiger charge is 2.31. The molecule has 0 radical (unpaired) electrons. The number of nitro benzene ring substituents is 1. The first-order valence-electron chi connectivity index (χ1n) is 6.48. The Morgan fingerprint density at radius 2 is 2.15 bits per heavy atom. The van der Waals surface area contributed by atoms with Crippen molar-refractivity contribution in [3.63, 3.8) is 0 Å². The predicted molar refractivity (Wildman–Crippen MR) is 72.0 cm³/mol. The molecule has 1 aliphatic heterocycles. The van der Waals surface area contributed by atoms with Crippen LogP contribution in [-0.2, 0) is 9.53 Å². The molecule has 0 aliphatic carbocycles. The Labute approximate surface area is 116 Å². The lowest BCUT2D eigenvalue weighted by molar-refractivity contribution is -0.384. The van der Waals surface area contributed by atoms with Crippen LogP contribution in [-0.4, -0.2) is 42.0 Å². The average molecular weight is 279 g/mol. The number of carbonyl (C=O) groups excluding carboxylic acids is 1. The molecule has 20 heavy (non-hydrogen) atoms. The van der Waals surface area contributed by atoms with Crippen LogP contribution < -0.4 is 5.32 Å². The largest absolute Gasteiger partial charge is 0.380 e. The van der Waals surface area contributed by atoms with Gasteiger partial charge in [0, 0.05) is 25.3 Å². The van der Waals surface area contributed by atoms with Crippen molar-refractivity contribution < 1.29 is 14.5 Å². The summed E-state index contributed by atoms with van der Waals surface area (Å²) in [6, 6.07) is 6.23. The van der Waals surface area contributed by atoms with Crippen LogP contribution in [0.5, 0.6) is 0 Å². The molecule has 0 saturated carbocycles. The van der Waals surface area contributed by atoms with Gasteiger partial charge in [0.05, 0.1) is 18.1 Å². The molecule has 1 atom stereocenters. The second kappa shape index (κ2) is 6.44. The molecule has 0 aromatic heterocycles. The Hall–Kier alpha value is -1.99. The third-order valence-electron chi connectivity index (χ3n) is 3.18. The Kier molecular flexibility index (Phi) is 4.65. The number of rotatable bonds is 6. The summed E-state index contributed by atoms with van der Waals surface area (Å²) in [5, 5.41) is 13.7. The minimum atomic E-state index is -0.441. The number of carbonyl (C=O) groups is 1. The van der Waals surface area contributed by atoms with Crippen LogP contribution in [0.25, 0.3) is 0 Å². The number of amides is 1. The summed E-state index contributed by atoms with van der Waals surface area (Å²) < 4.78 is 5.27. The van der Waals surface area contributed by atoms with E-state index in [1.165, 1.54) is 12.1 Å². The maximum Gasteiger partial charge on any atom is 0.269 e. The molecule has 0 bridgehead atoms. The molecule has 1 aromatic rings. The highest BCUT2D eigenvalue weighted by Crippen LogP contribution is 2.24. The van der Waals surface area contributed by atoms with Crippen molar-refractivity contribution in [1.29, 1.82) is 0 Å². The molecule has 2 rings (SSSR count). The lowest BCUT2D eigenvalue weighted by atomic mass is 10.1. The molecule has 1 aliphatic rings. The van der Waals surface area contributed by atoms with Crippen LogP contribution in [0, 0.1) is 10.1 Å². The zero-order valence-electron chi connectivity index (χ0n) is 11.2. The van der Waals surface area contributed by atoms with Crippen molar-refractivity contribution in [2.75, 3.05) is 26.3 Å². The number of nitro groups is 1. The summed E-state index contributed by atoms with van der Waals surface area (Å²) in [6.45, 7) is 3.76. The van der Waals surface area contributed by atoms with Gasteiger partial charge in [0.2, 0.25) is 5.91 Å². The van der Waals surface area contributed by atoms with Crippen LogP contribution >= 0.6 is 0 Å². The zero-order chi connectivity index (χ0) is 14.5. The van der Waals surface area contributed by atoms with Crippen LogP contribution in [0.1, 0.15) is 18.7 Å². The molecule has 1 fully saturated rings. The van der Waals surface area contributed by atoms with E-state index in [2.05, 4.69) is 5.32 Å². The smallest absolute Gasteiger partial charge is 0.269 e. The third-order valence-corrected chi connectivity index (χ3v) is 3.18. The molecular weight excluding hydrogens is 262 g/mol. The fourth-order valence-electron chi connectivity index (χ4n) is 2.18. The average Bonchev–Trinajstić information content (AvgIpc) is 2.81. The third kappa shape index (κ3) is 3.12. The Bertz CT molecular complexity index is 489. The maximum atomic E-state index is 11.8. The summed E-state index contributed by atoms with van der Waals surface area (Å²) in [5.41, 5.74) is 0.872. The summed E-state index contributed by atoms with van der Waals surface area (Å²) in [7, 11) is 0. The minimum Gasteiger partial charge on any atom is -0.380 e. The number of hydrogen-bond acceptors (Lipinski definition) is 5. The summed E-state index contributed by atoms with van der Waals surface area (Å²) in [4.78, 5) is 23.7. The zero-order valence-corrected chi connectivity index (χ0v) is 11.2. The number of nitrogens with one attached hydrogen (secondary N) is 1. The summed E-state index contributed by atoms with van der Waals surface area (Å²) >= 11 is 0. The van der Waals surface area contributed by atoms with Gasteiger partial charge in [-0.1, -0.05) is 0 Å². The van der Waals surface area contributed by atoms with Crippen LogP contribution in [0.4, 0.5) is 5.69 Å². The van der Waals surface area contributed by atoms with Gasteiger partial charge in [0.1, 0.15) is 6.17 Å². The quantitative estimate of drug-likeness (QED) is 0.478. The van der Waals surface area contributed by atoms with Crippen molar-refractivity contribution >= 4 is 11.6 Å². The molecule has 7 heteroatoms. The van der Waals surface area contributed by atoms with Gasteiger partial charge >= 0.3 is 0 Å². The Balaban J connectivity index is 2.09. The van der Waals surface area contributed by atoms with Crippen LogP contribution in [0.15, 0.2) is 24.3 Å². The molecule has 1 N–H and O–H groups in total. The van der Waals surface area contributed by atoms with Gasteiger partial charge in [-0.25, -0.2) is 0 Å². The van der Waals surface area contributed by atoms with Gasteiger partial charge in [0.25, 0.3) is 5.69 Å². The van der Waals surface area contributed by atoms with Gasteiger partial charge in [0.15, 0.2) is 0 Å². The predicted octanol–water partition coefficient (Wildman–Crippen LogP) is 1.06. The fourth-order valence-corrected chi connectivity index (χ4v) is 2.18. The van der Waals surface area contributed by atoms with Crippen LogP contribution in [0.2, 0.25) is 0 Å². The first-order chi connectivity index (χ1) is 9.63. The van der Waals surface area contributed by atoms with E-state index in [1.807, 2.05) is 6.92 Å². The lowest BCUT2D eigenvalue weighted by Gasteiger charge is -2.24. The van der Waals surface area contributed by atoms with Crippen molar-refractivity contribution in [1.82, 2.24) is 10.2 Å². The number of non-ortho nitro benzene ring substituents is 1. The van der Waals surface area contributed by atoms with E-state index in [1.54, 1.807) is 17.0 Å². The van der Waals surface area contributed by atoms with Crippen molar-refractivity contribution in [2.24, 2.45) is 0 Å². The fraction of sp³-hybridized carbons (Fsp3) is 0.462. The number of benzene rings is 1. The monoisotopic (exact) mass is 279 g/mol. The first-order valence-corrected chi connectivity index (χ1v) is 6.48. The molecule has 108 valence electrons. The Morgan fingerprint density at radius 3 is 2.75 bits per heavy atom. The molecule has 1 heterocycles.